The van der Waals surface area contributed by atoms with Crippen molar-refractivity contribution in [3.05, 3.63) is 83.4 Å². The van der Waals surface area contributed by atoms with E-state index in [9.17, 15) is 9.59 Å². The van der Waals surface area contributed by atoms with Crippen molar-refractivity contribution in [3.63, 3.8) is 0 Å². The minimum atomic E-state index is -0.396. The van der Waals surface area contributed by atoms with Gasteiger partial charge in [-0.2, -0.15) is 0 Å². The lowest BCUT2D eigenvalue weighted by Crippen LogP contribution is -2.17. The zero-order valence-electron chi connectivity index (χ0n) is 16.3. The number of hydrogen-bond acceptors (Lipinski definition) is 4. The molecule has 1 aliphatic carbocycles. The molecule has 5 heteroatoms. The number of amides is 1. The maximum absolute atomic E-state index is 12.9. The Bertz CT molecular complexity index is 1090. The van der Waals surface area contributed by atoms with Crippen molar-refractivity contribution in [1.82, 2.24) is 0 Å². The third-order valence-electron chi connectivity index (χ3n) is 5.02. The van der Waals surface area contributed by atoms with E-state index in [1.807, 2.05) is 36.4 Å². The van der Waals surface area contributed by atoms with E-state index in [1.165, 1.54) is 41.1 Å². The second-order valence-corrected chi connectivity index (χ2v) is 8.32. The molecule has 0 saturated carbocycles. The molecule has 0 aromatic heterocycles. The fraction of sp³-hybridized carbons (Fsp3) is 0.167. The molecule has 1 atom stereocenters. The third kappa shape index (κ3) is 3.91. The van der Waals surface area contributed by atoms with Crippen LogP contribution in [0, 0.1) is 0 Å². The van der Waals surface area contributed by atoms with Crippen molar-refractivity contribution in [1.29, 1.82) is 0 Å². The minimum absolute atomic E-state index is 0.194. The molecule has 0 aliphatic heterocycles. The first-order valence-electron chi connectivity index (χ1n) is 9.43. The quantitative estimate of drug-likeness (QED) is 0.369. The Labute approximate surface area is 174 Å². The molecule has 3 aromatic rings. The van der Waals surface area contributed by atoms with E-state index in [2.05, 4.69) is 29.6 Å². The van der Waals surface area contributed by atoms with Gasteiger partial charge in [0.25, 0.3) is 5.91 Å². The van der Waals surface area contributed by atoms with Crippen molar-refractivity contribution in [2.24, 2.45) is 0 Å². The van der Waals surface area contributed by atoms with Crippen molar-refractivity contribution < 1.29 is 14.3 Å². The monoisotopic (exact) mass is 403 g/mol. The molecule has 0 heterocycles. The van der Waals surface area contributed by atoms with E-state index in [0.29, 0.717) is 5.56 Å². The summed E-state index contributed by atoms with van der Waals surface area (Å²) in [6.45, 7) is 1.77. The largest absolute Gasteiger partial charge is 0.468 e. The highest BCUT2D eigenvalue weighted by molar-refractivity contribution is 8.00. The lowest BCUT2D eigenvalue weighted by atomic mass is 10.1. The van der Waals surface area contributed by atoms with Crippen LogP contribution in [0.4, 0.5) is 5.69 Å². The van der Waals surface area contributed by atoms with Gasteiger partial charge in [0.2, 0.25) is 0 Å². The summed E-state index contributed by atoms with van der Waals surface area (Å²) in [4.78, 5) is 25.4. The summed E-state index contributed by atoms with van der Waals surface area (Å²) >= 11 is 1.32. The van der Waals surface area contributed by atoms with Gasteiger partial charge in [-0.1, -0.05) is 42.5 Å². The Morgan fingerprint density at radius 1 is 0.966 bits per heavy atom. The number of nitrogens with one attached hydrogen (secondary N) is 1. The lowest BCUT2D eigenvalue weighted by Gasteiger charge is -2.13. The molecule has 0 bridgehead atoms. The van der Waals surface area contributed by atoms with Crippen molar-refractivity contribution >= 4 is 29.3 Å². The number of benzene rings is 3. The van der Waals surface area contributed by atoms with Crippen molar-refractivity contribution in [3.8, 4) is 11.1 Å². The number of methoxy groups -OCH3 is 1. The van der Waals surface area contributed by atoms with Gasteiger partial charge in [0.15, 0.2) is 0 Å². The Morgan fingerprint density at radius 2 is 1.69 bits per heavy atom. The van der Waals surface area contributed by atoms with E-state index in [-0.39, 0.29) is 11.9 Å². The van der Waals surface area contributed by atoms with Gasteiger partial charge in [0, 0.05) is 10.6 Å². The normalized spacial score (nSPS) is 12.6. The first-order valence-corrected chi connectivity index (χ1v) is 10.3. The fourth-order valence-corrected chi connectivity index (χ4v) is 4.60. The van der Waals surface area contributed by atoms with Crippen LogP contribution in [0.15, 0.2) is 71.6 Å². The first-order chi connectivity index (χ1) is 14.1. The maximum Gasteiger partial charge on any atom is 0.318 e. The fourth-order valence-electron chi connectivity index (χ4n) is 3.58. The van der Waals surface area contributed by atoms with E-state index < -0.39 is 5.25 Å². The molecule has 0 radical (unpaired) electrons. The first kappa shape index (κ1) is 19.3. The second-order valence-electron chi connectivity index (χ2n) is 6.94. The van der Waals surface area contributed by atoms with Gasteiger partial charge in [0.05, 0.1) is 12.7 Å². The number of carbonyl (C=O) groups is 2. The van der Waals surface area contributed by atoms with Gasteiger partial charge < -0.3 is 10.1 Å². The molecule has 29 heavy (non-hydrogen) atoms. The number of anilines is 1. The average Bonchev–Trinajstić information content (AvgIpc) is 3.11. The summed E-state index contributed by atoms with van der Waals surface area (Å²) in [5.74, 6) is -0.510. The third-order valence-corrected chi connectivity index (χ3v) is 6.18. The number of carbonyl (C=O) groups excluding carboxylic acids is 2. The standard InChI is InChI=1S/C24H21NO3S/c1-15(24(27)28-2)29-22-10-6-5-9-21(22)23(26)25-18-11-12-20-17(14-18)13-16-7-3-4-8-19(16)20/h3-12,14-15H,13H2,1-2H3,(H,25,26). The predicted octanol–water partition coefficient (Wildman–Crippen LogP) is 5.16. The van der Waals surface area contributed by atoms with Gasteiger partial charge in [-0.25, -0.2) is 0 Å². The van der Waals surface area contributed by atoms with Crippen LogP contribution in [0.3, 0.4) is 0 Å². The smallest absolute Gasteiger partial charge is 0.318 e. The van der Waals surface area contributed by atoms with Crippen LogP contribution < -0.4 is 5.32 Å². The highest BCUT2D eigenvalue weighted by Gasteiger charge is 2.21. The molecular weight excluding hydrogens is 382 g/mol. The number of hydrogen-bond donors (Lipinski definition) is 1. The van der Waals surface area contributed by atoms with Crippen LogP contribution >= 0.6 is 11.8 Å². The van der Waals surface area contributed by atoms with E-state index >= 15 is 0 Å². The summed E-state index contributed by atoms with van der Waals surface area (Å²) < 4.78 is 4.79. The molecule has 0 spiro atoms. The van der Waals surface area contributed by atoms with E-state index in [0.717, 1.165) is 17.0 Å². The topological polar surface area (TPSA) is 55.4 Å². The lowest BCUT2D eigenvalue weighted by molar-refractivity contribution is -0.139. The number of rotatable bonds is 5. The maximum atomic E-state index is 12.9. The van der Waals surface area contributed by atoms with Gasteiger partial charge in [0.1, 0.15) is 5.25 Å². The number of thioether (sulfide) groups is 1. The van der Waals surface area contributed by atoms with Gasteiger partial charge in [-0.05, 0) is 59.9 Å². The molecule has 4 nitrogen and oxygen atoms in total. The second kappa shape index (κ2) is 8.13. The molecule has 146 valence electrons. The SMILES string of the molecule is COC(=O)C(C)Sc1ccccc1C(=O)Nc1ccc2c(c1)Cc1ccccc1-2. The minimum Gasteiger partial charge on any atom is -0.468 e. The molecule has 4 rings (SSSR count). The molecule has 1 aliphatic rings. The summed E-state index contributed by atoms with van der Waals surface area (Å²) in [6.07, 6.45) is 0.873. The van der Waals surface area contributed by atoms with Crippen LogP contribution in [0.25, 0.3) is 11.1 Å². The zero-order valence-corrected chi connectivity index (χ0v) is 17.1. The average molecular weight is 404 g/mol. The number of fused-ring (bicyclic) bond motifs is 3. The van der Waals surface area contributed by atoms with E-state index in [1.54, 1.807) is 13.0 Å². The Kier molecular flexibility index (Phi) is 5.41. The number of esters is 1. The summed E-state index contributed by atoms with van der Waals surface area (Å²) in [5.41, 5.74) is 6.32. The Balaban J connectivity index is 1.54. The van der Waals surface area contributed by atoms with Crippen LogP contribution in [0.1, 0.15) is 28.4 Å². The molecule has 1 N–H and O–H groups in total. The molecule has 1 amide bonds. The van der Waals surface area contributed by atoms with Crippen LogP contribution in [0.5, 0.6) is 0 Å². The molecule has 0 saturated heterocycles. The van der Waals surface area contributed by atoms with Crippen molar-refractivity contribution in [2.45, 2.75) is 23.5 Å². The zero-order chi connectivity index (χ0) is 20.4. The molecular formula is C24H21NO3S. The van der Waals surface area contributed by atoms with Gasteiger partial charge in [-0.3, -0.25) is 9.59 Å². The Hall–Kier alpha value is -3.05. The van der Waals surface area contributed by atoms with Crippen molar-refractivity contribution in [2.75, 3.05) is 12.4 Å². The summed E-state index contributed by atoms with van der Waals surface area (Å²) in [5, 5.41) is 2.61. The van der Waals surface area contributed by atoms with Gasteiger partial charge in [-0.15, -0.1) is 11.8 Å². The van der Waals surface area contributed by atoms with E-state index in [4.69, 9.17) is 4.74 Å². The molecule has 1 unspecified atom stereocenters. The summed E-state index contributed by atoms with van der Waals surface area (Å²) in [6, 6.07) is 21.7. The number of ether oxygens (including phenoxy) is 1. The summed E-state index contributed by atoms with van der Waals surface area (Å²) in [7, 11) is 1.37. The molecule has 3 aromatic carbocycles. The van der Waals surface area contributed by atoms with Crippen LogP contribution in [0.2, 0.25) is 0 Å². The highest BCUT2D eigenvalue weighted by atomic mass is 32.2. The molecule has 0 fully saturated rings. The Morgan fingerprint density at radius 3 is 2.52 bits per heavy atom. The highest BCUT2D eigenvalue weighted by Crippen LogP contribution is 2.37. The van der Waals surface area contributed by atoms with Crippen LogP contribution in [-0.4, -0.2) is 24.2 Å². The predicted molar refractivity (Wildman–Crippen MR) is 116 cm³/mol. The van der Waals surface area contributed by atoms with Gasteiger partial charge >= 0.3 is 5.97 Å². The van der Waals surface area contributed by atoms with Crippen LogP contribution in [-0.2, 0) is 16.0 Å².